The summed E-state index contributed by atoms with van der Waals surface area (Å²) in [5.74, 6) is 1.61. The summed E-state index contributed by atoms with van der Waals surface area (Å²) in [5, 5.41) is 6.39. The van der Waals surface area contributed by atoms with E-state index in [0.717, 1.165) is 17.2 Å². The van der Waals surface area contributed by atoms with Gasteiger partial charge in [0.1, 0.15) is 5.82 Å². The average molecular weight is 279 g/mol. The second-order valence-corrected chi connectivity index (χ2v) is 5.15. The molecule has 0 radical (unpaired) electrons. The predicted molar refractivity (Wildman–Crippen MR) is 76.8 cm³/mol. The highest BCUT2D eigenvalue weighted by Gasteiger charge is 2.10. The van der Waals surface area contributed by atoms with E-state index in [-0.39, 0.29) is 5.95 Å². The van der Waals surface area contributed by atoms with Gasteiger partial charge in [-0.25, -0.2) is 4.98 Å². The van der Waals surface area contributed by atoms with E-state index in [2.05, 4.69) is 32.6 Å². The monoisotopic (exact) mass is 279 g/mol. The van der Waals surface area contributed by atoms with Crippen LogP contribution < -0.4 is 15.8 Å². The van der Waals surface area contributed by atoms with Gasteiger partial charge in [-0.2, -0.15) is 9.97 Å². The summed E-state index contributed by atoms with van der Waals surface area (Å²) < 4.78 is 5.05. The molecule has 3 N–H and O–H groups in total. The van der Waals surface area contributed by atoms with E-state index in [0.29, 0.717) is 17.6 Å². The van der Waals surface area contributed by atoms with Crippen molar-refractivity contribution in [2.24, 2.45) is 0 Å². The molecule has 19 heavy (non-hydrogen) atoms. The summed E-state index contributed by atoms with van der Waals surface area (Å²) in [6, 6.07) is 1.72. The Labute approximate surface area is 116 Å². The second kappa shape index (κ2) is 5.83. The van der Waals surface area contributed by atoms with E-state index in [1.54, 1.807) is 24.5 Å². The van der Waals surface area contributed by atoms with Crippen molar-refractivity contribution in [1.29, 1.82) is 0 Å². The van der Waals surface area contributed by atoms with Gasteiger partial charge in [-0.1, -0.05) is 6.92 Å². The van der Waals surface area contributed by atoms with Crippen LogP contribution in [-0.2, 0) is 0 Å². The third kappa shape index (κ3) is 3.54. The Balaban J connectivity index is 2.00. The second-order valence-electron chi connectivity index (χ2n) is 4.26. The highest BCUT2D eigenvalue weighted by atomic mass is 32.1. The first kappa shape index (κ1) is 13.5. The maximum absolute atomic E-state index is 5.60. The molecule has 0 aromatic carbocycles. The summed E-state index contributed by atoms with van der Waals surface area (Å²) in [6.45, 7) is 4.84. The Morgan fingerprint density at radius 2 is 2.21 bits per heavy atom. The summed E-state index contributed by atoms with van der Waals surface area (Å²) in [6.07, 6.45) is 0. The first-order valence-electron chi connectivity index (χ1n) is 5.93. The van der Waals surface area contributed by atoms with Crippen LogP contribution in [0.1, 0.15) is 23.5 Å². The number of anilines is 2. The Kier molecular flexibility index (Phi) is 4.16. The fourth-order valence-corrected chi connectivity index (χ4v) is 2.44. The number of aromatic nitrogens is 3. The minimum atomic E-state index is 0.194. The molecule has 2 aromatic rings. The van der Waals surface area contributed by atoms with Gasteiger partial charge in [0.2, 0.25) is 11.8 Å². The molecular weight excluding hydrogens is 262 g/mol. The molecule has 1 unspecified atom stereocenters. The lowest BCUT2D eigenvalue weighted by atomic mass is 10.2. The van der Waals surface area contributed by atoms with Crippen molar-refractivity contribution in [1.82, 2.24) is 15.0 Å². The van der Waals surface area contributed by atoms with Gasteiger partial charge in [-0.15, -0.1) is 11.3 Å². The van der Waals surface area contributed by atoms with Crippen LogP contribution in [0.5, 0.6) is 5.88 Å². The zero-order chi connectivity index (χ0) is 13.8. The molecule has 0 fully saturated rings. The molecule has 0 saturated heterocycles. The molecule has 6 nitrogen and oxygen atoms in total. The van der Waals surface area contributed by atoms with E-state index < -0.39 is 0 Å². The number of rotatable bonds is 5. The van der Waals surface area contributed by atoms with Gasteiger partial charge in [0.25, 0.3) is 0 Å². The third-order valence-corrected chi connectivity index (χ3v) is 3.77. The fraction of sp³-hybridized carbons (Fsp3) is 0.417. The Morgan fingerprint density at radius 1 is 1.42 bits per heavy atom. The van der Waals surface area contributed by atoms with Crippen molar-refractivity contribution in [3.63, 3.8) is 0 Å². The lowest BCUT2D eigenvalue weighted by molar-refractivity contribution is 0.398. The van der Waals surface area contributed by atoms with Gasteiger partial charge in [0.05, 0.1) is 12.1 Å². The minimum Gasteiger partial charge on any atom is -0.481 e. The molecule has 1 atom stereocenters. The molecule has 0 aliphatic carbocycles. The van der Waals surface area contributed by atoms with Gasteiger partial charge < -0.3 is 15.8 Å². The topological polar surface area (TPSA) is 86.0 Å². The number of hydrogen-bond donors (Lipinski definition) is 2. The number of nitrogens with two attached hydrogens (primary N) is 1. The number of nitrogens with zero attached hydrogens (tertiary/aromatic N) is 3. The van der Waals surface area contributed by atoms with Crippen LogP contribution >= 0.6 is 11.3 Å². The molecular formula is C12H17N5OS. The smallest absolute Gasteiger partial charge is 0.225 e. The Morgan fingerprint density at radius 3 is 2.84 bits per heavy atom. The number of aryl methyl sites for hydroxylation is 1. The van der Waals surface area contributed by atoms with Crippen molar-refractivity contribution in [2.45, 2.75) is 19.8 Å². The Bertz CT molecular complexity index is 557. The third-order valence-electron chi connectivity index (χ3n) is 2.58. The van der Waals surface area contributed by atoms with Crippen molar-refractivity contribution in [3.05, 3.63) is 22.1 Å². The quantitative estimate of drug-likeness (QED) is 0.871. The van der Waals surface area contributed by atoms with E-state index >= 15 is 0 Å². The molecule has 2 rings (SSSR count). The molecule has 7 heteroatoms. The van der Waals surface area contributed by atoms with E-state index in [9.17, 15) is 0 Å². The van der Waals surface area contributed by atoms with Crippen LogP contribution in [0.15, 0.2) is 11.4 Å². The normalized spacial score (nSPS) is 12.2. The zero-order valence-corrected chi connectivity index (χ0v) is 12.0. The number of thiazole rings is 1. The van der Waals surface area contributed by atoms with Gasteiger partial charge >= 0.3 is 0 Å². The molecule has 0 spiro atoms. The van der Waals surface area contributed by atoms with Crippen LogP contribution in [0.3, 0.4) is 0 Å². The highest BCUT2D eigenvalue weighted by molar-refractivity contribution is 7.09. The van der Waals surface area contributed by atoms with E-state index in [1.807, 2.05) is 6.92 Å². The molecule has 2 heterocycles. The number of hydrogen-bond acceptors (Lipinski definition) is 7. The number of nitrogens with one attached hydrogen (secondary N) is 1. The van der Waals surface area contributed by atoms with Crippen molar-refractivity contribution in [2.75, 3.05) is 24.7 Å². The molecule has 0 aliphatic heterocycles. The lowest BCUT2D eigenvalue weighted by Crippen LogP contribution is -2.12. The van der Waals surface area contributed by atoms with Crippen LogP contribution in [0.25, 0.3) is 0 Å². The van der Waals surface area contributed by atoms with Gasteiger partial charge in [-0.3, -0.25) is 0 Å². The standard InChI is InChI=1S/C12H17N5OS/c1-7(11-15-8(2)6-19-11)5-14-9-4-10(18-3)17-12(13)16-9/h4,6-7H,5H2,1-3H3,(H3,13,14,16,17). The van der Waals surface area contributed by atoms with Crippen molar-refractivity contribution in [3.8, 4) is 5.88 Å². The summed E-state index contributed by atoms with van der Waals surface area (Å²) in [5.41, 5.74) is 6.66. The minimum absolute atomic E-state index is 0.194. The van der Waals surface area contributed by atoms with Crippen molar-refractivity contribution < 1.29 is 4.74 Å². The van der Waals surface area contributed by atoms with Gasteiger partial charge in [-0.05, 0) is 6.92 Å². The first-order valence-corrected chi connectivity index (χ1v) is 6.81. The highest BCUT2D eigenvalue weighted by Crippen LogP contribution is 2.21. The number of ether oxygens (including phenoxy) is 1. The molecule has 2 aromatic heterocycles. The summed E-state index contributed by atoms with van der Waals surface area (Å²) in [7, 11) is 1.55. The Hall–Kier alpha value is -1.89. The van der Waals surface area contributed by atoms with Crippen LogP contribution in [0.2, 0.25) is 0 Å². The predicted octanol–water partition coefficient (Wildman–Crippen LogP) is 2.05. The van der Waals surface area contributed by atoms with Crippen LogP contribution in [0, 0.1) is 6.92 Å². The maximum atomic E-state index is 5.60. The zero-order valence-electron chi connectivity index (χ0n) is 11.2. The molecule has 102 valence electrons. The summed E-state index contributed by atoms with van der Waals surface area (Å²) in [4.78, 5) is 12.5. The number of nitrogen functional groups attached to an aromatic ring is 1. The molecule has 0 saturated carbocycles. The molecule has 0 aliphatic rings. The number of methoxy groups -OCH3 is 1. The maximum Gasteiger partial charge on any atom is 0.225 e. The van der Waals surface area contributed by atoms with Gasteiger partial charge in [0, 0.05) is 29.6 Å². The lowest BCUT2D eigenvalue weighted by Gasteiger charge is -2.11. The fourth-order valence-electron chi connectivity index (χ4n) is 1.58. The van der Waals surface area contributed by atoms with E-state index in [4.69, 9.17) is 10.5 Å². The van der Waals surface area contributed by atoms with Crippen LogP contribution in [-0.4, -0.2) is 28.6 Å². The average Bonchev–Trinajstić information content (AvgIpc) is 2.82. The SMILES string of the molecule is COc1cc(NCC(C)c2nc(C)cs2)nc(N)n1. The van der Waals surface area contributed by atoms with Crippen molar-refractivity contribution >= 4 is 23.1 Å². The largest absolute Gasteiger partial charge is 0.481 e. The molecule has 0 amide bonds. The molecule has 0 bridgehead atoms. The first-order chi connectivity index (χ1) is 9.08. The van der Waals surface area contributed by atoms with E-state index in [1.165, 1.54) is 0 Å². The van der Waals surface area contributed by atoms with Gasteiger partial charge in [0.15, 0.2) is 0 Å². The summed E-state index contributed by atoms with van der Waals surface area (Å²) >= 11 is 1.67. The van der Waals surface area contributed by atoms with Crippen LogP contribution in [0.4, 0.5) is 11.8 Å².